The first-order valence-electron chi connectivity index (χ1n) is 7.16. The van der Waals surface area contributed by atoms with Crippen LogP contribution in [0, 0.1) is 0 Å². The van der Waals surface area contributed by atoms with Crippen LogP contribution in [0.5, 0.6) is 0 Å². The Morgan fingerprint density at radius 1 is 1.20 bits per heavy atom. The fourth-order valence-electron chi connectivity index (χ4n) is 2.62. The molecule has 0 aliphatic carbocycles. The van der Waals surface area contributed by atoms with Crippen LogP contribution in [0.4, 0.5) is 5.82 Å². The van der Waals surface area contributed by atoms with E-state index in [1.165, 1.54) is 0 Å². The molecule has 2 aromatic rings. The van der Waals surface area contributed by atoms with Gasteiger partial charge in [-0.05, 0) is 18.0 Å². The van der Waals surface area contributed by atoms with Crippen LogP contribution >= 0.6 is 11.3 Å². The second-order valence-electron chi connectivity index (χ2n) is 5.09. The summed E-state index contributed by atoms with van der Waals surface area (Å²) in [6, 6.07) is 2.08. The molecule has 1 N–H and O–H groups in total. The van der Waals surface area contributed by atoms with Gasteiger partial charge >= 0.3 is 0 Å². The molecule has 5 nitrogen and oxygen atoms in total. The van der Waals surface area contributed by atoms with E-state index < -0.39 is 0 Å². The molecule has 1 aliphatic rings. The Morgan fingerprint density at radius 3 is 2.65 bits per heavy atom. The molecule has 1 fully saturated rings. The standard InChI is InChI=1S/C14H21N5S/c1-3-18-5-7-19(8-6-18)10-12-16-13(15-2)11-4-9-20-14(11)17-12/h4,9H,3,5-8,10H2,1-2H3,(H,15,16,17). The lowest BCUT2D eigenvalue weighted by Crippen LogP contribution is -2.45. The van der Waals surface area contributed by atoms with E-state index in [-0.39, 0.29) is 0 Å². The summed E-state index contributed by atoms with van der Waals surface area (Å²) in [5.74, 6) is 1.87. The van der Waals surface area contributed by atoms with E-state index in [1.807, 2.05) is 7.05 Å². The molecule has 0 aromatic carbocycles. The fourth-order valence-corrected chi connectivity index (χ4v) is 3.41. The zero-order chi connectivity index (χ0) is 13.9. The molecule has 0 bridgehead atoms. The SMILES string of the molecule is CCN1CCN(Cc2nc(NC)c3ccsc3n2)CC1. The molecule has 0 spiro atoms. The molecule has 1 saturated heterocycles. The van der Waals surface area contributed by atoms with E-state index in [1.54, 1.807) is 11.3 Å². The van der Waals surface area contributed by atoms with Gasteiger partial charge in [-0.1, -0.05) is 6.92 Å². The van der Waals surface area contributed by atoms with Crippen LogP contribution in [0.15, 0.2) is 11.4 Å². The van der Waals surface area contributed by atoms with E-state index in [0.717, 1.165) is 61.1 Å². The normalized spacial score (nSPS) is 17.7. The van der Waals surface area contributed by atoms with E-state index in [2.05, 4.69) is 43.5 Å². The molecule has 1 aliphatic heterocycles. The molecule has 3 rings (SSSR count). The summed E-state index contributed by atoms with van der Waals surface area (Å²) in [7, 11) is 1.92. The highest BCUT2D eigenvalue weighted by molar-refractivity contribution is 7.16. The maximum absolute atomic E-state index is 4.69. The van der Waals surface area contributed by atoms with Crippen molar-refractivity contribution >= 4 is 27.4 Å². The van der Waals surface area contributed by atoms with Gasteiger partial charge in [-0.3, -0.25) is 4.90 Å². The first kappa shape index (κ1) is 13.7. The van der Waals surface area contributed by atoms with Gasteiger partial charge in [0.25, 0.3) is 0 Å². The van der Waals surface area contributed by atoms with Gasteiger partial charge in [0, 0.05) is 33.2 Å². The largest absolute Gasteiger partial charge is 0.372 e. The third-order valence-corrected chi connectivity index (χ3v) is 4.69. The van der Waals surface area contributed by atoms with Gasteiger partial charge in [0.15, 0.2) is 0 Å². The number of aromatic nitrogens is 2. The Balaban J connectivity index is 1.74. The summed E-state index contributed by atoms with van der Waals surface area (Å²) in [5, 5.41) is 6.37. The summed E-state index contributed by atoms with van der Waals surface area (Å²) in [6.45, 7) is 8.73. The lowest BCUT2D eigenvalue weighted by molar-refractivity contribution is 0.130. The van der Waals surface area contributed by atoms with Gasteiger partial charge in [0.1, 0.15) is 16.5 Å². The number of fused-ring (bicyclic) bond motifs is 1. The van der Waals surface area contributed by atoms with Crippen LogP contribution in [0.1, 0.15) is 12.7 Å². The minimum Gasteiger partial charge on any atom is -0.372 e. The van der Waals surface area contributed by atoms with Crippen LogP contribution in [0.2, 0.25) is 0 Å². The number of piperazine rings is 1. The van der Waals surface area contributed by atoms with Gasteiger partial charge in [-0.2, -0.15) is 0 Å². The average molecular weight is 291 g/mol. The smallest absolute Gasteiger partial charge is 0.146 e. The highest BCUT2D eigenvalue weighted by atomic mass is 32.1. The summed E-state index contributed by atoms with van der Waals surface area (Å²) in [6.07, 6.45) is 0. The molecule has 6 heteroatoms. The van der Waals surface area contributed by atoms with Crippen LogP contribution in [0.25, 0.3) is 10.2 Å². The Bertz CT molecular complexity index is 574. The molecular weight excluding hydrogens is 270 g/mol. The van der Waals surface area contributed by atoms with Gasteiger partial charge in [0.2, 0.25) is 0 Å². The number of anilines is 1. The molecule has 108 valence electrons. The van der Waals surface area contributed by atoms with Gasteiger partial charge in [-0.15, -0.1) is 11.3 Å². The van der Waals surface area contributed by atoms with Crippen molar-refractivity contribution in [3.05, 3.63) is 17.3 Å². The molecule has 3 heterocycles. The van der Waals surface area contributed by atoms with Crippen molar-refractivity contribution < 1.29 is 0 Å². The summed E-state index contributed by atoms with van der Waals surface area (Å²) < 4.78 is 0. The number of rotatable bonds is 4. The molecule has 0 saturated carbocycles. The minimum absolute atomic E-state index is 0.847. The van der Waals surface area contributed by atoms with Crippen molar-refractivity contribution in [3.8, 4) is 0 Å². The lowest BCUT2D eigenvalue weighted by atomic mass is 10.3. The molecule has 0 unspecified atom stereocenters. The van der Waals surface area contributed by atoms with Crippen LogP contribution in [-0.4, -0.2) is 59.5 Å². The minimum atomic E-state index is 0.847. The topological polar surface area (TPSA) is 44.3 Å². The Labute approximate surface area is 123 Å². The lowest BCUT2D eigenvalue weighted by Gasteiger charge is -2.33. The van der Waals surface area contributed by atoms with E-state index in [4.69, 9.17) is 0 Å². The van der Waals surface area contributed by atoms with E-state index in [9.17, 15) is 0 Å². The first-order chi connectivity index (χ1) is 9.80. The van der Waals surface area contributed by atoms with Crippen LogP contribution < -0.4 is 5.32 Å². The summed E-state index contributed by atoms with van der Waals surface area (Å²) in [4.78, 5) is 15.3. The third-order valence-electron chi connectivity index (χ3n) is 3.89. The molecule has 0 radical (unpaired) electrons. The predicted octanol–water partition coefficient (Wildman–Crippen LogP) is 1.87. The van der Waals surface area contributed by atoms with Gasteiger partial charge in [0.05, 0.1) is 11.9 Å². The van der Waals surface area contributed by atoms with E-state index in [0.29, 0.717) is 0 Å². The second kappa shape index (κ2) is 6.03. The highest BCUT2D eigenvalue weighted by Crippen LogP contribution is 2.25. The monoisotopic (exact) mass is 291 g/mol. The van der Waals surface area contributed by atoms with Crippen molar-refractivity contribution in [1.29, 1.82) is 0 Å². The Morgan fingerprint density at radius 2 is 1.95 bits per heavy atom. The van der Waals surface area contributed by atoms with E-state index >= 15 is 0 Å². The van der Waals surface area contributed by atoms with Crippen molar-refractivity contribution in [2.45, 2.75) is 13.5 Å². The van der Waals surface area contributed by atoms with Crippen molar-refractivity contribution in [2.24, 2.45) is 0 Å². The molecule has 20 heavy (non-hydrogen) atoms. The van der Waals surface area contributed by atoms with Gasteiger partial charge < -0.3 is 10.2 Å². The number of nitrogens with one attached hydrogen (secondary N) is 1. The molecular formula is C14H21N5S. The molecule has 2 aromatic heterocycles. The number of hydrogen-bond donors (Lipinski definition) is 1. The summed E-state index contributed by atoms with van der Waals surface area (Å²) in [5.41, 5.74) is 0. The Kier molecular flexibility index (Phi) is 4.14. The second-order valence-corrected chi connectivity index (χ2v) is 5.98. The maximum atomic E-state index is 4.69. The quantitative estimate of drug-likeness (QED) is 0.931. The van der Waals surface area contributed by atoms with Crippen LogP contribution in [0.3, 0.4) is 0 Å². The number of likely N-dealkylation sites (N-methyl/N-ethyl adjacent to an activating group) is 1. The predicted molar refractivity (Wildman–Crippen MR) is 84.4 cm³/mol. The maximum Gasteiger partial charge on any atom is 0.146 e. The average Bonchev–Trinajstić information content (AvgIpc) is 2.95. The van der Waals surface area contributed by atoms with Crippen molar-refractivity contribution in [2.75, 3.05) is 45.1 Å². The number of thiophene rings is 1. The highest BCUT2D eigenvalue weighted by Gasteiger charge is 2.17. The summed E-state index contributed by atoms with van der Waals surface area (Å²) >= 11 is 1.68. The zero-order valence-electron chi connectivity index (χ0n) is 12.1. The van der Waals surface area contributed by atoms with Crippen molar-refractivity contribution in [1.82, 2.24) is 19.8 Å². The fraction of sp³-hybridized carbons (Fsp3) is 0.571. The Hall–Kier alpha value is -1.24. The number of nitrogens with zero attached hydrogens (tertiary/aromatic N) is 4. The van der Waals surface area contributed by atoms with Gasteiger partial charge in [-0.25, -0.2) is 9.97 Å². The number of hydrogen-bond acceptors (Lipinski definition) is 6. The third kappa shape index (κ3) is 2.77. The zero-order valence-corrected chi connectivity index (χ0v) is 12.9. The molecule has 0 atom stereocenters. The first-order valence-corrected chi connectivity index (χ1v) is 8.04. The molecule has 0 amide bonds. The van der Waals surface area contributed by atoms with Crippen molar-refractivity contribution in [3.63, 3.8) is 0 Å². The van der Waals surface area contributed by atoms with Crippen LogP contribution in [-0.2, 0) is 6.54 Å².